The summed E-state index contributed by atoms with van der Waals surface area (Å²) >= 11 is 3.31. The number of carbonyl (C=O) groups excluding carboxylic acids is 1. The summed E-state index contributed by atoms with van der Waals surface area (Å²) in [4.78, 5) is 10.9. The molecule has 0 fully saturated rings. The number of pyridine rings is 1. The van der Waals surface area contributed by atoms with Crippen LogP contribution in [0.3, 0.4) is 0 Å². The standard InChI is InChI=1S/C8H6BrN3O/c9-5-1-2-12-7(3-5)6(4-11-12)8(10)13/h1-4H,(H2,10,13). The molecule has 0 aliphatic rings. The first-order chi connectivity index (χ1) is 6.18. The topological polar surface area (TPSA) is 60.4 Å². The molecule has 2 heterocycles. The first kappa shape index (κ1) is 8.25. The average molecular weight is 240 g/mol. The van der Waals surface area contributed by atoms with Crippen LogP contribution in [0.1, 0.15) is 10.4 Å². The van der Waals surface area contributed by atoms with Gasteiger partial charge < -0.3 is 5.73 Å². The van der Waals surface area contributed by atoms with Gasteiger partial charge in [-0.1, -0.05) is 15.9 Å². The third kappa shape index (κ3) is 1.31. The zero-order valence-corrected chi connectivity index (χ0v) is 8.15. The molecule has 2 aromatic heterocycles. The predicted molar refractivity (Wildman–Crippen MR) is 51.4 cm³/mol. The lowest BCUT2D eigenvalue weighted by molar-refractivity contribution is 0.100. The molecular weight excluding hydrogens is 234 g/mol. The summed E-state index contributed by atoms with van der Waals surface area (Å²) in [5, 5.41) is 3.98. The second-order valence-electron chi connectivity index (χ2n) is 2.60. The van der Waals surface area contributed by atoms with Crippen molar-refractivity contribution in [3.05, 3.63) is 34.6 Å². The van der Waals surface area contributed by atoms with Crippen molar-refractivity contribution in [2.75, 3.05) is 0 Å². The van der Waals surface area contributed by atoms with Crippen LogP contribution in [-0.2, 0) is 0 Å². The maximum absolute atomic E-state index is 10.9. The van der Waals surface area contributed by atoms with E-state index < -0.39 is 5.91 Å². The number of nitrogens with zero attached hydrogens (tertiary/aromatic N) is 2. The molecule has 0 bridgehead atoms. The van der Waals surface area contributed by atoms with Crippen LogP contribution < -0.4 is 5.73 Å². The van der Waals surface area contributed by atoms with Gasteiger partial charge in [-0.05, 0) is 12.1 Å². The molecule has 0 unspecified atom stereocenters. The molecule has 1 amide bonds. The molecule has 0 aliphatic heterocycles. The number of nitrogens with two attached hydrogens (primary N) is 1. The van der Waals surface area contributed by atoms with Crippen LogP contribution >= 0.6 is 15.9 Å². The highest BCUT2D eigenvalue weighted by atomic mass is 79.9. The number of amides is 1. The van der Waals surface area contributed by atoms with Gasteiger partial charge in [-0.15, -0.1) is 0 Å². The van der Waals surface area contributed by atoms with E-state index in [2.05, 4.69) is 21.0 Å². The van der Waals surface area contributed by atoms with Gasteiger partial charge in [-0.3, -0.25) is 4.79 Å². The van der Waals surface area contributed by atoms with E-state index in [1.54, 1.807) is 16.8 Å². The largest absolute Gasteiger partial charge is 0.365 e. The van der Waals surface area contributed by atoms with Gasteiger partial charge in [0.1, 0.15) is 0 Å². The van der Waals surface area contributed by atoms with Gasteiger partial charge in [0.2, 0.25) is 0 Å². The quantitative estimate of drug-likeness (QED) is 0.813. The van der Waals surface area contributed by atoms with Crippen molar-refractivity contribution in [1.29, 1.82) is 0 Å². The van der Waals surface area contributed by atoms with Crippen LogP contribution in [0.5, 0.6) is 0 Å². The van der Waals surface area contributed by atoms with Crippen molar-refractivity contribution in [2.45, 2.75) is 0 Å². The number of carbonyl (C=O) groups is 1. The maximum Gasteiger partial charge on any atom is 0.252 e. The fourth-order valence-corrected chi connectivity index (χ4v) is 1.48. The van der Waals surface area contributed by atoms with E-state index in [-0.39, 0.29) is 0 Å². The number of rotatable bonds is 1. The van der Waals surface area contributed by atoms with E-state index in [9.17, 15) is 4.79 Å². The van der Waals surface area contributed by atoms with Crippen molar-refractivity contribution in [3.63, 3.8) is 0 Å². The lowest BCUT2D eigenvalue weighted by atomic mass is 10.2. The van der Waals surface area contributed by atoms with Crippen molar-refractivity contribution >= 4 is 27.4 Å². The molecule has 2 rings (SSSR count). The maximum atomic E-state index is 10.9. The molecule has 0 aliphatic carbocycles. The van der Waals surface area contributed by atoms with Crippen molar-refractivity contribution in [2.24, 2.45) is 5.73 Å². The lowest BCUT2D eigenvalue weighted by Crippen LogP contribution is -2.10. The highest BCUT2D eigenvalue weighted by Gasteiger charge is 2.08. The van der Waals surface area contributed by atoms with Gasteiger partial charge in [0.25, 0.3) is 5.91 Å². The smallest absolute Gasteiger partial charge is 0.252 e. The van der Waals surface area contributed by atoms with Crippen LogP contribution in [0.25, 0.3) is 5.52 Å². The third-order valence-corrected chi connectivity index (χ3v) is 2.24. The first-order valence-electron chi connectivity index (χ1n) is 3.61. The number of aromatic nitrogens is 2. The second kappa shape index (κ2) is 2.85. The van der Waals surface area contributed by atoms with Crippen LogP contribution in [0.2, 0.25) is 0 Å². The molecule has 2 N–H and O–H groups in total. The third-order valence-electron chi connectivity index (χ3n) is 1.75. The molecular formula is C8H6BrN3O. The van der Waals surface area contributed by atoms with Crippen LogP contribution in [0, 0.1) is 0 Å². The Balaban J connectivity index is 2.79. The lowest BCUT2D eigenvalue weighted by Gasteiger charge is -1.94. The second-order valence-corrected chi connectivity index (χ2v) is 3.51. The molecule has 5 heteroatoms. The molecule has 0 saturated heterocycles. The van der Waals surface area contributed by atoms with Crippen LogP contribution in [-0.4, -0.2) is 15.5 Å². The zero-order valence-electron chi connectivity index (χ0n) is 6.57. The van der Waals surface area contributed by atoms with Gasteiger partial charge in [0.15, 0.2) is 0 Å². The number of primary amides is 1. The molecule has 13 heavy (non-hydrogen) atoms. The number of halogens is 1. The Labute approximate surface area is 82.5 Å². The summed E-state index contributed by atoms with van der Waals surface area (Å²) < 4.78 is 2.49. The molecule has 4 nitrogen and oxygen atoms in total. The summed E-state index contributed by atoms with van der Waals surface area (Å²) in [5.41, 5.74) is 6.31. The summed E-state index contributed by atoms with van der Waals surface area (Å²) in [5.74, 6) is -0.465. The van der Waals surface area contributed by atoms with E-state index in [1.807, 2.05) is 6.07 Å². The molecule has 0 spiro atoms. The highest BCUT2D eigenvalue weighted by Crippen LogP contribution is 2.15. The van der Waals surface area contributed by atoms with Gasteiger partial charge in [0, 0.05) is 10.7 Å². The molecule has 0 radical (unpaired) electrons. The number of hydrogen-bond acceptors (Lipinski definition) is 2. The summed E-state index contributed by atoms with van der Waals surface area (Å²) in [6.45, 7) is 0. The minimum Gasteiger partial charge on any atom is -0.365 e. The Kier molecular flexibility index (Phi) is 1.81. The van der Waals surface area contributed by atoms with Gasteiger partial charge in [-0.25, -0.2) is 4.52 Å². The van der Waals surface area contributed by atoms with Gasteiger partial charge >= 0.3 is 0 Å². The van der Waals surface area contributed by atoms with Gasteiger partial charge in [-0.2, -0.15) is 5.10 Å². The zero-order chi connectivity index (χ0) is 9.42. The summed E-state index contributed by atoms with van der Waals surface area (Å²) in [6, 6.07) is 3.64. The Morgan fingerprint density at radius 1 is 1.62 bits per heavy atom. The minimum atomic E-state index is -0.465. The molecule has 0 aromatic carbocycles. The van der Waals surface area contributed by atoms with E-state index in [4.69, 9.17) is 5.73 Å². The van der Waals surface area contributed by atoms with Crippen LogP contribution in [0.15, 0.2) is 29.0 Å². The normalized spacial score (nSPS) is 10.5. The highest BCUT2D eigenvalue weighted by molar-refractivity contribution is 9.10. The SMILES string of the molecule is NC(=O)c1cnn2ccc(Br)cc12. The minimum absolute atomic E-state index is 0.432. The Hall–Kier alpha value is -1.36. The molecule has 0 atom stereocenters. The van der Waals surface area contributed by atoms with E-state index in [0.29, 0.717) is 11.1 Å². The first-order valence-corrected chi connectivity index (χ1v) is 4.40. The van der Waals surface area contributed by atoms with Gasteiger partial charge in [0.05, 0.1) is 17.3 Å². The summed E-state index contributed by atoms with van der Waals surface area (Å²) in [7, 11) is 0. The number of hydrogen-bond donors (Lipinski definition) is 1. The molecule has 0 saturated carbocycles. The monoisotopic (exact) mass is 239 g/mol. The number of fused-ring (bicyclic) bond motifs is 1. The van der Waals surface area contributed by atoms with Crippen molar-refractivity contribution in [3.8, 4) is 0 Å². The Morgan fingerprint density at radius 2 is 2.38 bits per heavy atom. The van der Waals surface area contributed by atoms with Crippen molar-refractivity contribution < 1.29 is 4.79 Å². The van der Waals surface area contributed by atoms with E-state index >= 15 is 0 Å². The Morgan fingerprint density at radius 3 is 3.08 bits per heavy atom. The van der Waals surface area contributed by atoms with Crippen LogP contribution in [0.4, 0.5) is 0 Å². The fourth-order valence-electron chi connectivity index (χ4n) is 1.14. The van der Waals surface area contributed by atoms with E-state index in [1.165, 1.54) is 6.20 Å². The average Bonchev–Trinajstić information content (AvgIpc) is 2.46. The Bertz CT molecular complexity index is 477. The predicted octanol–water partition coefficient (Wildman–Crippen LogP) is 1.20. The van der Waals surface area contributed by atoms with E-state index in [0.717, 1.165) is 4.47 Å². The van der Waals surface area contributed by atoms with Crippen molar-refractivity contribution in [1.82, 2.24) is 9.61 Å². The summed E-state index contributed by atoms with van der Waals surface area (Å²) in [6.07, 6.45) is 3.22. The molecule has 66 valence electrons. The fraction of sp³-hybridized carbons (Fsp3) is 0. The molecule has 2 aromatic rings.